The van der Waals surface area contributed by atoms with Crippen molar-refractivity contribution in [1.82, 2.24) is 5.48 Å². The minimum Gasteiger partial charge on any atom is -0.380 e. The van der Waals surface area contributed by atoms with Gasteiger partial charge in [0.25, 0.3) is 0 Å². The molecule has 0 aromatic rings. The van der Waals surface area contributed by atoms with Gasteiger partial charge < -0.3 is 4.74 Å². The average molecular weight is 173 g/mol. The molecule has 1 atom stereocenters. The molecule has 0 aromatic heterocycles. The second kappa shape index (κ2) is 5.51. The Morgan fingerprint density at radius 3 is 2.67 bits per heavy atom. The van der Waals surface area contributed by atoms with Crippen LogP contribution in [0.15, 0.2) is 0 Å². The maximum Gasteiger partial charge on any atom is 0.0790 e. The van der Waals surface area contributed by atoms with Crippen molar-refractivity contribution in [2.75, 3.05) is 13.7 Å². The Bertz CT molecular complexity index is 113. The Balaban J connectivity index is 1.94. The number of ether oxygens (including phenoxy) is 1. The van der Waals surface area contributed by atoms with Gasteiger partial charge >= 0.3 is 0 Å². The van der Waals surface area contributed by atoms with Crippen molar-refractivity contribution in [1.29, 1.82) is 0 Å². The molecule has 0 heterocycles. The van der Waals surface area contributed by atoms with Crippen molar-refractivity contribution >= 4 is 0 Å². The molecule has 0 amide bonds. The molecule has 12 heavy (non-hydrogen) atoms. The summed E-state index contributed by atoms with van der Waals surface area (Å²) in [6, 6.07) is 0. The molecule has 1 aliphatic rings. The van der Waals surface area contributed by atoms with Crippen LogP contribution in [0.3, 0.4) is 0 Å². The van der Waals surface area contributed by atoms with E-state index in [2.05, 4.69) is 5.48 Å². The lowest BCUT2D eigenvalue weighted by Crippen LogP contribution is -2.29. The fourth-order valence-corrected chi connectivity index (χ4v) is 1.37. The third kappa shape index (κ3) is 3.52. The molecule has 0 saturated heterocycles. The topological polar surface area (TPSA) is 30.5 Å². The van der Waals surface area contributed by atoms with E-state index in [9.17, 15) is 0 Å². The van der Waals surface area contributed by atoms with E-state index >= 15 is 0 Å². The Kier molecular flexibility index (Phi) is 4.58. The summed E-state index contributed by atoms with van der Waals surface area (Å²) in [5.74, 6) is 0. The summed E-state index contributed by atoms with van der Waals surface area (Å²) in [5.41, 5.74) is 2.95. The van der Waals surface area contributed by atoms with Crippen molar-refractivity contribution in [2.45, 2.75) is 44.8 Å². The van der Waals surface area contributed by atoms with Crippen LogP contribution in [0.5, 0.6) is 0 Å². The highest BCUT2D eigenvalue weighted by molar-refractivity contribution is 4.65. The molecule has 3 heteroatoms. The Labute approximate surface area is 74.4 Å². The van der Waals surface area contributed by atoms with Crippen LogP contribution in [-0.4, -0.2) is 25.9 Å². The molecule has 3 nitrogen and oxygen atoms in total. The number of hydrogen-bond donors (Lipinski definition) is 1. The number of rotatable bonds is 5. The van der Waals surface area contributed by atoms with Gasteiger partial charge in [-0.1, -0.05) is 12.8 Å². The maximum absolute atomic E-state index is 5.45. The molecule has 0 aromatic carbocycles. The Morgan fingerprint density at radius 2 is 2.08 bits per heavy atom. The monoisotopic (exact) mass is 173 g/mol. The largest absolute Gasteiger partial charge is 0.380 e. The molecule has 1 aliphatic carbocycles. The first-order valence-electron chi connectivity index (χ1n) is 4.74. The third-order valence-electron chi connectivity index (χ3n) is 2.33. The van der Waals surface area contributed by atoms with E-state index in [0.717, 1.165) is 6.54 Å². The molecule has 0 spiro atoms. The second-order valence-electron chi connectivity index (χ2n) is 3.42. The van der Waals surface area contributed by atoms with E-state index in [-0.39, 0.29) is 6.10 Å². The van der Waals surface area contributed by atoms with Crippen LogP contribution < -0.4 is 5.48 Å². The molecule has 1 saturated carbocycles. The van der Waals surface area contributed by atoms with Crippen LogP contribution in [0.25, 0.3) is 0 Å². The normalized spacial score (nSPS) is 21.5. The molecule has 0 radical (unpaired) electrons. The van der Waals surface area contributed by atoms with Crippen LogP contribution in [0.4, 0.5) is 0 Å². The fourth-order valence-electron chi connectivity index (χ4n) is 1.37. The van der Waals surface area contributed by atoms with Crippen molar-refractivity contribution in [3.8, 4) is 0 Å². The average Bonchev–Trinajstić information content (AvgIpc) is 2.57. The van der Waals surface area contributed by atoms with Crippen molar-refractivity contribution < 1.29 is 9.57 Å². The van der Waals surface area contributed by atoms with Gasteiger partial charge in [0.1, 0.15) is 0 Å². The highest BCUT2D eigenvalue weighted by Crippen LogP contribution is 2.19. The van der Waals surface area contributed by atoms with Gasteiger partial charge in [-0.25, -0.2) is 0 Å². The molecule has 1 rings (SSSR count). The zero-order valence-electron chi connectivity index (χ0n) is 8.01. The minimum atomic E-state index is 0.228. The van der Waals surface area contributed by atoms with E-state index in [0.29, 0.717) is 6.10 Å². The van der Waals surface area contributed by atoms with Gasteiger partial charge in [0.2, 0.25) is 0 Å². The van der Waals surface area contributed by atoms with E-state index in [1.54, 1.807) is 7.11 Å². The first-order chi connectivity index (χ1) is 5.83. The van der Waals surface area contributed by atoms with Crippen LogP contribution in [0, 0.1) is 0 Å². The van der Waals surface area contributed by atoms with Crippen molar-refractivity contribution in [2.24, 2.45) is 0 Å². The smallest absolute Gasteiger partial charge is 0.0790 e. The molecular formula is C9H19NO2. The fraction of sp³-hybridized carbons (Fsp3) is 1.00. The lowest BCUT2D eigenvalue weighted by molar-refractivity contribution is -0.0399. The predicted molar refractivity (Wildman–Crippen MR) is 47.8 cm³/mol. The summed E-state index contributed by atoms with van der Waals surface area (Å²) in [5, 5.41) is 0. The van der Waals surface area contributed by atoms with Gasteiger partial charge in [0.05, 0.1) is 12.2 Å². The summed E-state index contributed by atoms with van der Waals surface area (Å²) in [4.78, 5) is 5.45. The van der Waals surface area contributed by atoms with E-state index in [1.807, 2.05) is 6.92 Å². The zero-order chi connectivity index (χ0) is 8.81. The predicted octanol–water partition coefficient (Wildman–Crippen LogP) is 1.49. The van der Waals surface area contributed by atoms with Gasteiger partial charge in [0.15, 0.2) is 0 Å². The SMILES string of the molecule is COC(C)CNOC1CCCC1. The Morgan fingerprint density at radius 1 is 1.42 bits per heavy atom. The summed E-state index contributed by atoms with van der Waals surface area (Å²) in [6.07, 6.45) is 5.70. The first kappa shape index (κ1) is 9.96. The van der Waals surface area contributed by atoms with Crippen LogP contribution in [0.2, 0.25) is 0 Å². The quantitative estimate of drug-likeness (QED) is 0.639. The van der Waals surface area contributed by atoms with Crippen molar-refractivity contribution in [3.05, 3.63) is 0 Å². The zero-order valence-corrected chi connectivity index (χ0v) is 8.01. The van der Waals surface area contributed by atoms with E-state index in [4.69, 9.17) is 9.57 Å². The van der Waals surface area contributed by atoms with Gasteiger partial charge in [0, 0.05) is 13.7 Å². The Hall–Kier alpha value is -0.120. The standard InChI is InChI=1S/C9H19NO2/c1-8(11-2)7-10-12-9-5-3-4-6-9/h8-10H,3-7H2,1-2H3. The third-order valence-corrected chi connectivity index (χ3v) is 2.33. The minimum absolute atomic E-state index is 0.228. The molecule has 1 N–H and O–H groups in total. The molecule has 1 fully saturated rings. The van der Waals surface area contributed by atoms with Gasteiger partial charge in [-0.3, -0.25) is 4.84 Å². The summed E-state index contributed by atoms with van der Waals surface area (Å²) >= 11 is 0. The summed E-state index contributed by atoms with van der Waals surface area (Å²) in [6.45, 7) is 2.79. The van der Waals surface area contributed by atoms with Crippen LogP contribution in [0.1, 0.15) is 32.6 Å². The first-order valence-corrected chi connectivity index (χ1v) is 4.74. The number of nitrogens with one attached hydrogen (secondary N) is 1. The number of hydrogen-bond acceptors (Lipinski definition) is 3. The molecule has 72 valence electrons. The molecule has 0 aliphatic heterocycles. The van der Waals surface area contributed by atoms with Crippen LogP contribution >= 0.6 is 0 Å². The number of methoxy groups -OCH3 is 1. The van der Waals surface area contributed by atoms with Gasteiger partial charge in [-0.2, -0.15) is 5.48 Å². The lowest BCUT2D eigenvalue weighted by atomic mass is 10.3. The van der Waals surface area contributed by atoms with Gasteiger partial charge in [-0.05, 0) is 19.8 Å². The van der Waals surface area contributed by atoms with Crippen LogP contribution in [-0.2, 0) is 9.57 Å². The van der Waals surface area contributed by atoms with Crippen molar-refractivity contribution in [3.63, 3.8) is 0 Å². The lowest BCUT2D eigenvalue weighted by Gasteiger charge is -2.14. The number of hydroxylamine groups is 1. The highest BCUT2D eigenvalue weighted by atomic mass is 16.7. The van der Waals surface area contributed by atoms with Gasteiger partial charge in [-0.15, -0.1) is 0 Å². The molecule has 0 bridgehead atoms. The maximum atomic E-state index is 5.45. The van der Waals surface area contributed by atoms with E-state index < -0.39 is 0 Å². The second-order valence-corrected chi connectivity index (χ2v) is 3.42. The summed E-state index contributed by atoms with van der Waals surface area (Å²) in [7, 11) is 1.71. The van der Waals surface area contributed by atoms with E-state index in [1.165, 1.54) is 25.7 Å². The molecule has 1 unspecified atom stereocenters. The summed E-state index contributed by atoms with van der Waals surface area (Å²) < 4.78 is 5.07. The molecular weight excluding hydrogens is 154 g/mol. The highest BCUT2D eigenvalue weighted by Gasteiger charge is 2.15.